The summed E-state index contributed by atoms with van der Waals surface area (Å²) in [6.07, 6.45) is 2.40. The van der Waals surface area contributed by atoms with Gasteiger partial charge in [-0.1, -0.05) is 11.2 Å². The highest BCUT2D eigenvalue weighted by Crippen LogP contribution is 2.22. The number of oxime groups is 1. The second kappa shape index (κ2) is 2.90. The summed E-state index contributed by atoms with van der Waals surface area (Å²) in [7, 11) is 0. The van der Waals surface area contributed by atoms with E-state index in [-0.39, 0.29) is 0 Å². The summed E-state index contributed by atoms with van der Waals surface area (Å²) in [6.45, 7) is 0. The van der Waals surface area contributed by atoms with E-state index in [1.165, 1.54) is 0 Å². The van der Waals surface area contributed by atoms with Gasteiger partial charge < -0.3 is 10.6 Å². The number of amides is 1. The third-order valence-electron chi connectivity index (χ3n) is 1.89. The van der Waals surface area contributed by atoms with Gasteiger partial charge >= 0.3 is 0 Å². The van der Waals surface area contributed by atoms with Crippen LogP contribution in [0.1, 0.15) is 15.9 Å². The molecule has 2 N–H and O–H groups in total. The minimum Gasteiger partial charge on any atom is -0.366 e. The van der Waals surface area contributed by atoms with Crippen LogP contribution in [-0.4, -0.2) is 12.1 Å². The minimum absolute atomic E-state index is 0.441. The fraction of sp³-hybridized carbons (Fsp3) is 0.111. The highest BCUT2D eigenvalue weighted by Gasteiger charge is 2.10. The quantitative estimate of drug-likeness (QED) is 0.684. The Bertz CT molecular complexity index is 385. The molecule has 0 fully saturated rings. The molecule has 4 heteroatoms. The van der Waals surface area contributed by atoms with Crippen molar-refractivity contribution in [2.45, 2.75) is 6.42 Å². The number of nitrogens with zero attached hydrogens (tertiary/aromatic N) is 1. The number of carbonyl (C=O) groups is 1. The molecular weight excluding hydrogens is 168 g/mol. The molecule has 13 heavy (non-hydrogen) atoms. The highest BCUT2D eigenvalue weighted by molar-refractivity contribution is 5.93. The maximum Gasteiger partial charge on any atom is 0.248 e. The van der Waals surface area contributed by atoms with Gasteiger partial charge in [0, 0.05) is 23.8 Å². The van der Waals surface area contributed by atoms with Gasteiger partial charge in [0.1, 0.15) is 0 Å². The first kappa shape index (κ1) is 7.79. The van der Waals surface area contributed by atoms with Crippen LogP contribution in [0.3, 0.4) is 0 Å². The van der Waals surface area contributed by atoms with Crippen LogP contribution in [0.25, 0.3) is 0 Å². The molecule has 0 spiro atoms. The summed E-state index contributed by atoms with van der Waals surface area (Å²) in [5, 5.41) is 3.64. The molecule has 2 rings (SSSR count). The molecule has 1 amide bonds. The molecule has 4 nitrogen and oxygen atoms in total. The van der Waals surface area contributed by atoms with Crippen molar-refractivity contribution in [3.63, 3.8) is 0 Å². The standard InChI is InChI=1S/C9H8N2O2/c10-9(12)7-2-1-6-3-4-11-13-8(6)5-7/h1-2,4-5H,3H2,(H2,10,12). The number of nitrogens with two attached hydrogens (primary N) is 1. The number of primary amides is 1. The molecule has 1 aromatic rings. The zero-order chi connectivity index (χ0) is 9.26. The molecule has 1 heterocycles. The number of rotatable bonds is 1. The first-order chi connectivity index (χ1) is 6.27. The Morgan fingerprint density at radius 3 is 3.15 bits per heavy atom. The van der Waals surface area contributed by atoms with Gasteiger partial charge in [0.25, 0.3) is 0 Å². The summed E-state index contributed by atoms with van der Waals surface area (Å²) in [5.74, 6) is 0.153. The zero-order valence-corrected chi connectivity index (χ0v) is 6.86. The average molecular weight is 176 g/mol. The largest absolute Gasteiger partial charge is 0.366 e. The smallest absolute Gasteiger partial charge is 0.248 e. The minimum atomic E-state index is -0.457. The lowest BCUT2D eigenvalue weighted by Crippen LogP contribution is -2.11. The Kier molecular flexibility index (Phi) is 1.73. The van der Waals surface area contributed by atoms with Crippen molar-refractivity contribution in [3.05, 3.63) is 29.3 Å². The Morgan fingerprint density at radius 1 is 1.54 bits per heavy atom. The van der Waals surface area contributed by atoms with Crippen molar-refractivity contribution in [3.8, 4) is 5.75 Å². The molecule has 0 atom stereocenters. The van der Waals surface area contributed by atoms with E-state index in [9.17, 15) is 4.79 Å². The average Bonchev–Trinajstić information content (AvgIpc) is 2.17. The first-order valence-corrected chi connectivity index (χ1v) is 3.89. The van der Waals surface area contributed by atoms with Crippen molar-refractivity contribution >= 4 is 12.1 Å². The maximum absolute atomic E-state index is 10.8. The topological polar surface area (TPSA) is 64.7 Å². The molecule has 66 valence electrons. The lowest BCUT2D eigenvalue weighted by atomic mass is 10.1. The Balaban J connectivity index is 2.44. The first-order valence-electron chi connectivity index (χ1n) is 3.89. The van der Waals surface area contributed by atoms with Gasteiger partial charge in [-0.2, -0.15) is 0 Å². The Morgan fingerprint density at radius 2 is 2.38 bits per heavy atom. The van der Waals surface area contributed by atoms with Crippen molar-refractivity contribution < 1.29 is 9.63 Å². The fourth-order valence-electron chi connectivity index (χ4n) is 1.19. The SMILES string of the molecule is NC(=O)c1ccc2c(c1)ON=CC2. The second-order valence-corrected chi connectivity index (χ2v) is 2.77. The summed E-state index contributed by atoms with van der Waals surface area (Å²) in [6, 6.07) is 5.11. The lowest BCUT2D eigenvalue weighted by molar-refractivity contribution is 0.1000. The summed E-state index contributed by atoms with van der Waals surface area (Å²) < 4.78 is 0. The number of carbonyl (C=O) groups excluding carboxylic acids is 1. The van der Waals surface area contributed by atoms with E-state index in [2.05, 4.69) is 5.16 Å². The summed E-state index contributed by atoms with van der Waals surface area (Å²) in [4.78, 5) is 15.8. The molecule has 0 aromatic heterocycles. The second-order valence-electron chi connectivity index (χ2n) is 2.77. The zero-order valence-electron chi connectivity index (χ0n) is 6.86. The van der Waals surface area contributed by atoms with Crippen LogP contribution in [0.2, 0.25) is 0 Å². The van der Waals surface area contributed by atoms with Crippen LogP contribution in [0.5, 0.6) is 5.75 Å². The summed E-state index contributed by atoms with van der Waals surface area (Å²) in [5.41, 5.74) is 6.57. The van der Waals surface area contributed by atoms with Gasteiger partial charge in [-0.3, -0.25) is 4.79 Å². The maximum atomic E-state index is 10.8. The van der Waals surface area contributed by atoms with E-state index >= 15 is 0 Å². The van der Waals surface area contributed by atoms with Crippen LogP contribution in [0.15, 0.2) is 23.4 Å². The van der Waals surface area contributed by atoms with E-state index in [1.54, 1.807) is 18.3 Å². The monoisotopic (exact) mass is 176 g/mol. The van der Waals surface area contributed by atoms with Gasteiger partial charge in [0.05, 0.1) is 0 Å². The molecule has 0 unspecified atom stereocenters. The van der Waals surface area contributed by atoms with Gasteiger partial charge in [-0.15, -0.1) is 0 Å². The molecule has 1 aliphatic heterocycles. The number of benzene rings is 1. The number of hydrogen-bond donors (Lipinski definition) is 1. The normalized spacial score (nSPS) is 13.2. The molecule has 0 saturated heterocycles. The number of fused-ring (bicyclic) bond motifs is 1. The van der Waals surface area contributed by atoms with Crippen molar-refractivity contribution in [2.24, 2.45) is 10.9 Å². The predicted molar refractivity (Wildman–Crippen MR) is 47.8 cm³/mol. The van der Waals surface area contributed by atoms with E-state index in [0.29, 0.717) is 11.3 Å². The lowest BCUT2D eigenvalue weighted by Gasteiger charge is -2.09. The van der Waals surface area contributed by atoms with Crippen molar-refractivity contribution in [1.82, 2.24) is 0 Å². The third kappa shape index (κ3) is 1.38. The Hall–Kier alpha value is -1.84. The van der Waals surface area contributed by atoms with E-state index < -0.39 is 5.91 Å². The van der Waals surface area contributed by atoms with Crippen LogP contribution in [0, 0.1) is 0 Å². The third-order valence-corrected chi connectivity index (χ3v) is 1.89. The van der Waals surface area contributed by atoms with Gasteiger partial charge in [-0.05, 0) is 12.1 Å². The van der Waals surface area contributed by atoms with Gasteiger partial charge in [-0.25, -0.2) is 0 Å². The van der Waals surface area contributed by atoms with E-state index in [0.717, 1.165) is 12.0 Å². The van der Waals surface area contributed by atoms with E-state index in [1.807, 2.05) is 6.07 Å². The van der Waals surface area contributed by atoms with E-state index in [4.69, 9.17) is 10.6 Å². The molecule has 0 saturated carbocycles. The molecule has 0 bridgehead atoms. The molecule has 0 radical (unpaired) electrons. The van der Waals surface area contributed by atoms with Crippen LogP contribution in [0.4, 0.5) is 0 Å². The van der Waals surface area contributed by atoms with Crippen LogP contribution in [-0.2, 0) is 6.42 Å². The van der Waals surface area contributed by atoms with Crippen molar-refractivity contribution in [1.29, 1.82) is 0 Å². The fourth-order valence-corrected chi connectivity index (χ4v) is 1.19. The van der Waals surface area contributed by atoms with Crippen LogP contribution >= 0.6 is 0 Å². The van der Waals surface area contributed by atoms with Gasteiger partial charge in [0.2, 0.25) is 5.91 Å². The molecule has 0 aliphatic carbocycles. The van der Waals surface area contributed by atoms with Crippen molar-refractivity contribution in [2.75, 3.05) is 0 Å². The molecule has 1 aliphatic rings. The molecule has 1 aromatic carbocycles. The van der Waals surface area contributed by atoms with Crippen LogP contribution < -0.4 is 10.6 Å². The summed E-state index contributed by atoms with van der Waals surface area (Å²) >= 11 is 0. The molecular formula is C9H8N2O2. The number of hydrogen-bond acceptors (Lipinski definition) is 3. The predicted octanol–water partition coefficient (Wildman–Crippen LogP) is 0.706. The van der Waals surface area contributed by atoms with Gasteiger partial charge in [0.15, 0.2) is 5.75 Å². The highest BCUT2D eigenvalue weighted by atomic mass is 16.6. The Labute approximate surface area is 75.0 Å².